The van der Waals surface area contributed by atoms with Gasteiger partial charge in [0.25, 0.3) is 10.0 Å². The largest absolute Gasteiger partial charge is 0.478 e. The summed E-state index contributed by atoms with van der Waals surface area (Å²) >= 11 is 11.8. The highest BCUT2D eigenvalue weighted by molar-refractivity contribution is 7.93. The number of aromatic carboxylic acids is 1. The molecule has 0 aliphatic carbocycles. The fourth-order valence-corrected chi connectivity index (χ4v) is 5.96. The van der Waals surface area contributed by atoms with E-state index in [1.807, 2.05) is 0 Å². The molecule has 36 heavy (non-hydrogen) atoms. The van der Waals surface area contributed by atoms with Gasteiger partial charge in [-0.25, -0.2) is 17.6 Å². The standard InChI is InChI=1S/C24H13Cl2F4NO4S/c25-18-10-13(24(28,29)30)11-19(26)22(18)36(34,35)31-21-8-6-15(14-3-1-2-4-16(14)21)17-9-12(23(32)33)5-7-20(17)27/h1-11,31H,(H,32,33). The minimum Gasteiger partial charge on any atom is -0.478 e. The molecule has 186 valence electrons. The maximum absolute atomic E-state index is 14.6. The Morgan fingerprint density at radius 3 is 2.06 bits per heavy atom. The van der Waals surface area contributed by atoms with Crippen molar-refractivity contribution in [2.75, 3.05) is 4.72 Å². The molecule has 4 rings (SSSR count). The number of halogens is 6. The molecule has 0 spiro atoms. The van der Waals surface area contributed by atoms with Gasteiger partial charge in [0.1, 0.15) is 10.7 Å². The quantitative estimate of drug-likeness (QED) is 0.249. The van der Waals surface area contributed by atoms with E-state index < -0.39 is 48.5 Å². The molecule has 0 bridgehead atoms. The smallest absolute Gasteiger partial charge is 0.416 e. The molecular formula is C24H13Cl2F4NO4S. The van der Waals surface area contributed by atoms with Gasteiger partial charge in [-0.05, 0) is 47.3 Å². The highest BCUT2D eigenvalue weighted by Gasteiger charge is 2.34. The van der Waals surface area contributed by atoms with Gasteiger partial charge in [0.15, 0.2) is 0 Å². The van der Waals surface area contributed by atoms with E-state index in [9.17, 15) is 35.9 Å². The number of alkyl halides is 3. The fourth-order valence-electron chi connectivity index (χ4n) is 3.66. The maximum Gasteiger partial charge on any atom is 0.416 e. The Morgan fingerprint density at radius 2 is 1.47 bits per heavy atom. The number of sulfonamides is 1. The Labute approximate surface area is 211 Å². The molecule has 0 amide bonds. The number of benzene rings is 4. The van der Waals surface area contributed by atoms with Gasteiger partial charge < -0.3 is 5.11 Å². The Morgan fingerprint density at radius 1 is 0.861 bits per heavy atom. The minimum absolute atomic E-state index is 0.0104. The molecule has 0 saturated heterocycles. The van der Waals surface area contributed by atoms with E-state index in [4.69, 9.17) is 23.2 Å². The number of carboxylic acid groups (broad SMARTS) is 1. The number of carboxylic acids is 1. The van der Waals surface area contributed by atoms with Crippen LogP contribution in [0.4, 0.5) is 23.2 Å². The molecule has 12 heteroatoms. The average Bonchev–Trinajstić information content (AvgIpc) is 2.78. The Kier molecular flexibility index (Phi) is 6.63. The second kappa shape index (κ2) is 9.27. The zero-order valence-corrected chi connectivity index (χ0v) is 20.0. The summed E-state index contributed by atoms with van der Waals surface area (Å²) in [5.74, 6) is -1.95. The first-order valence-corrected chi connectivity index (χ1v) is 12.2. The van der Waals surface area contributed by atoms with Gasteiger partial charge in [-0.1, -0.05) is 53.5 Å². The van der Waals surface area contributed by atoms with E-state index in [1.165, 1.54) is 18.2 Å². The van der Waals surface area contributed by atoms with Crippen molar-refractivity contribution in [2.24, 2.45) is 0 Å². The lowest BCUT2D eigenvalue weighted by molar-refractivity contribution is -0.137. The van der Waals surface area contributed by atoms with Gasteiger partial charge >= 0.3 is 12.1 Å². The van der Waals surface area contributed by atoms with Crippen LogP contribution in [0.2, 0.25) is 10.0 Å². The van der Waals surface area contributed by atoms with Crippen molar-refractivity contribution in [1.29, 1.82) is 0 Å². The molecule has 2 N–H and O–H groups in total. The maximum atomic E-state index is 14.6. The average molecular weight is 558 g/mol. The third kappa shape index (κ3) is 4.84. The summed E-state index contributed by atoms with van der Waals surface area (Å²) in [5, 5.41) is 8.49. The van der Waals surface area contributed by atoms with Gasteiger partial charge in [-0.2, -0.15) is 13.2 Å². The highest BCUT2D eigenvalue weighted by atomic mass is 35.5. The summed E-state index contributed by atoms with van der Waals surface area (Å²) in [7, 11) is -4.57. The zero-order valence-electron chi connectivity index (χ0n) is 17.7. The van der Waals surface area contributed by atoms with Crippen molar-refractivity contribution < 1.29 is 35.9 Å². The SMILES string of the molecule is O=C(O)c1ccc(F)c(-c2ccc(NS(=O)(=O)c3c(Cl)cc(C(F)(F)F)cc3Cl)c3ccccc23)c1. The Balaban J connectivity index is 1.84. The summed E-state index contributed by atoms with van der Waals surface area (Å²) in [6, 6.07) is 13.2. The monoisotopic (exact) mass is 557 g/mol. The minimum atomic E-state index is -4.79. The van der Waals surface area contributed by atoms with Crippen LogP contribution in [0.5, 0.6) is 0 Å². The van der Waals surface area contributed by atoms with E-state index in [0.29, 0.717) is 28.5 Å². The lowest BCUT2D eigenvalue weighted by Gasteiger charge is -2.16. The lowest BCUT2D eigenvalue weighted by atomic mass is 9.95. The number of rotatable bonds is 5. The molecule has 4 aromatic carbocycles. The number of anilines is 1. The van der Waals surface area contributed by atoms with E-state index in [-0.39, 0.29) is 16.8 Å². The van der Waals surface area contributed by atoms with Crippen LogP contribution in [0.3, 0.4) is 0 Å². The van der Waals surface area contributed by atoms with Gasteiger partial charge in [-0.3, -0.25) is 4.72 Å². The summed E-state index contributed by atoms with van der Waals surface area (Å²) in [6.07, 6.45) is -4.79. The summed E-state index contributed by atoms with van der Waals surface area (Å²) in [4.78, 5) is 10.6. The van der Waals surface area contributed by atoms with Crippen LogP contribution in [0, 0.1) is 5.82 Å². The summed E-state index contributed by atoms with van der Waals surface area (Å²) < 4.78 is 82.2. The predicted molar refractivity (Wildman–Crippen MR) is 129 cm³/mol. The molecule has 0 aromatic heterocycles. The molecular weight excluding hydrogens is 545 g/mol. The first-order valence-electron chi connectivity index (χ1n) is 9.93. The van der Waals surface area contributed by atoms with Gasteiger partial charge in [0.05, 0.1) is 26.9 Å². The van der Waals surface area contributed by atoms with E-state index in [2.05, 4.69) is 4.72 Å². The number of carbonyl (C=O) groups is 1. The van der Waals surface area contributed by atoms with Gasteiger partial charge in [-0.15, -0.1) is 0 Å². The van der Waals surface area contributed by atoms with Crippen molar-refractivity contribution in [1.82, 2.24) is 0 Å². The molecule has 0 aliphatic rings. The van der Waals surface area contributed by atoms with Crippen LogP contribution in [0.15, 0.2) is 71.6 Å². The first kappa shape index (κ1) is 25.7. The van der Waals surface area contributed by atoms with Crippen molar-refractivity contribution in [3.05, 3.63) is 93.7 Å². The van der Waals surface area contributed by atoms with E-state index in [0.717, 1.165) is 18.2 Å². The van der Waals surface area contributed by atoms with E-state index in [1.54, 1.807) is 18.2 Å². The number of hydrogen-bond donors (Lipinski definition) is 2. The molecule has 0 heterocycles. The van der Waals surface area contributed by atoms with Crippen LogP contribution in [-0.4, -0.2) is 19.5 Å². The lowest BCUT2D eigenvalue weighted by Crippen LogP contribution is -2.15. The number of nitrogens with one attached hydrogen (secondary N) is 1. The van der Waals surface area contributed by atoms with Crippen LogP contribution in [-0.2, 0) is 16.2 Å². The normalized spacial score (nSPS) is 12.1. The second-order valence-corrected chi connectivity index (χ2v) is 10.0. The van der Waals surface area contributed by atoms with Crippen LogP contribution >= 0.6 is 23.2 Å². The fraction of sp³-hybridized carbons (Fsp3) is 0.0417. The molecule has 0 aliphatic heterocycles. The summed E-state index contributed by atoms with van der Waals surface area (Å²) in [5.41, 5.74) is -1.08. The van der Waals surface area contributed by atoms with Crippen LogP contribution < -0.4 is 4.72 Å². The number of hydrogen-bond acceptors (Lipinski definition) is 3. The summed E-state index contributed by atoms with van der Waals surface area (Å²) in [6.45, 7) is 0. The molecule has 0 fully saturated rings. The van der Waals surface area contributed by atoms with Crippen LogP contribution in [0.1, 0.15) is 15.9 Å². The Bertz CT molecular complexity index is 1620. The van der Waals surface area contributed by atoms with E-state index >= 15 is 0 Å². The van der Waals surface area contributed by atoms with Crippen molar-refractivity contribution >= 4 is 55.7 Å². The van der Waals surface area contributed by atoms with Gasteiger partial charge in [0, 0.05) is 10.9 Å². The molecule has 0 saturated carbocycles. The molecule has 0 atom stereocenters. The topological polar surface area (TPSA) is 83.5 Å². The van der Waals surface area contributed by atoms with Gasteiger partial charge in [0.2, 0.25) is 0 Å². The Hall–Kier alpha value is -3.34. The molecule has 4 aromatic rings. The van der Waals surface area contributed by atoms with Crippen molar-refractivity contribution in [2.45, 2.75) is 11.1 Å². The van der Waals surface area contributed by atoms with Crippen molar-refractivity contribution in [3.8, 4) is 11.1 Å². The molecule has 0 radical (unpaired) electrons. The third-order valence-corrected chi connectivity index (χ3v) is 7.55. The predicted octanol–water partition coefficient (Wildman–Crippen LogP) is 7.47. The van der Waals surface area contributed by atoms with Crippen LogP contribution in [0.25, 0.3) is 21.9 Å². The highest BCUT2D eigenvalue weighted by Crippen LogP contribution is 2.40. The number of fused-ring (bicyclic) bond motifs is 1. The zero-order chi connectivity index (χ0) is 26.4. The molecule has 5 nitrogen and oxygen atoms in total. The molecule has 0 unspecified atom stereocenters. The first-order chi connectivity index (χ1) is 16.8. The van der Waals surface area contributed by atoms with Crippen molar-refractivity contribution in [3.63, 3.8) is 0 Å². The second-order valence-electron chi connectivity index (χ2n) is 7.58. The third-order valence-electron chi connectivity index (χ3n) is 5.27.